The van der Waals surface area contributed by atoms with Gasteiger partial charge in [0.2, 0.25) is 5.89 Å². The van der Waals surface area contributed by atoms with Gasteiger partial charge in [0, 0.05) is 12.6 Å². The van der Waals surface area contributed by atoms with Gasteiger partial charge in [-0.2, -0.15) is 0 Å². The van der Waals surface area contributed by atoms with Crippen molar-refractivity contribution in [1.29, 1.82) is 0 Å². The van der Waals surface area contributed by atoms with E-state index in [1.165, 1.54) is 38.5 Å². The lowest BCUT2D eigenvalue weighted by atomic mass is 9.78. The maximum absolute atomic E-state index is 5.86. The average Bonchev–Trinajstić information content (AvgIpc) is 2.96. The van der Waals surface area contributed by atoms with Crippen LogP contribution in [0, 0.1) is 5.92 Å². The first-order valence-corrected chi connectivity index (χ1v) is 8.18. The van der Waals surface area contributed by atoms with Crippen LogP contribution >= 0.6 is 0 Å². The minimum atomic E-state index is 0.634. The molecule has 1 N–H and O–H groups in total. The maximum Gasteiger partial charge on any atom is 0.318 e. The summed E-state index contributed by atoms with van der Waals surface area (Å²) >= 11 is 0. The van der Waals surface area contributed by atoms with Crippen LogP contribution in [-0.4, -0.2) is 29.3 Å². The molecule has 0 unspecified atom stereocenters. The molecule has 0 radical (unpaired) electrons. The van der Waals surface area contributed by atoms with Crippen LogP contribution in [0.1, 0.15) is 57.8 Å². The van der Waals surface area contributed by atoms with E-state index in [0.717, 1.165) is 31.4 Å². The summed E-state index contributed by atoms with van der Waals surface area (Å²) in [6.07, 6.45) is 9.16. The lowest BCUT2D eigenvalue weighted by Gasteiger charge is -2.43. The van der Waals surface area contributed by atoms with Gasteiger partial charge in [0.1, 0.15) is 0 Å². The van der Waals surface area contributed by atoms with Gasteiger partial charge >= 0.3 is 6.01 Å². The molecule has 20 heavy (non-hydrogen) atoms. The van der Waals surface area contributed by atoms with Gasteiger partial charge in [-0.3, -0.25) is 0 Å². The summed E-state index contributed by atoms with van der Waals surface area (Å²) in [5.41, 5.74) is 0. The van der Waals surface area contributed by atoms with Crippen LogP contribution < -0.4 is 10.2 Å². The van der Waals surface area contributed by atoms with Crippen LogP contribution in [0.5, 0.6) is 0 Å². The first-order valence-electron chi connectivity index (χ1n) is 8.18. The lowest BCUT2D eigenvalue weighted by molar-refractivity contribution is 0.234. The van der Waals surface area contributed by atoms with Gasteiger partial charge in [-0.05, 0) is 44.6 Å². The number of nitrogens with one attached hydrogen (secondary N) is 1. The Morgan fingerprint density at radius 3 is 2.95 bits per heavy atom. The van der Waals surface area contributed by atoms with Crippen LogP contribution in [0.4, 0.5) is 6.01 Å². The topological polar surface area (TPSA) is 54.2 Å². The van der Waals surface area contributed by atoms with Gasteiger partial charge in [-0.15, -0.1) is 5.10 Å². The SMILES string of the molecule is CCCNCc1nnc(N2CCC[C@H]3CCCC[C@H]32)o1. The summed E-state index contributed by atoms with van der Waals surface area (Å²) in [6.45, 7) is 4.91. The molecule has 1 aromatic rings. The Morgan fingerprint density at radius 1 is 1.20 bits per heavy atom. The molecule has 2 fully saturated rings. The fraction of sp³-hybridized carbons (Fsp3) is 0.867. The Kier molecular flexibility index (Phi) is 4.55. The number of nitrogens with zero attached hydrogens (tertiary/aromatic N) is 3. The third-order valence-electron chi connectivity index (χ3n) is 4.65. The normalized spacial score (nSPS) is 26.6. The van der Waals surface area contributed by atoms with Crippen LogP contribution in [0.15, 0.2) is 4.42 Å². The van der Waals surface area contributed by atoms with Crippen LogP contribution in [0.2, 0.25) is 0 Å². The zero-order valence-electron chi connectivity index (χ0n) is 12.5. The summed E-state index contributed by atoms with van der Waals surface area (Å²) in [7, 11) is 0. The van der Waals surface area contributed by atoms with Gasteiger partial charge in [0.25, 0.3) is 0 Å². The third-order valence-corrected chi connectivity index (χ3v) is 4.65. The third kappa shape index (κ3) is 2.97. The smallest absolute Gasteiger partial charge is 0.318 e. The molecule has 1 aromatic heterocycles. The summed E-state index contributed by atoms with van der Waals surface area (Å²) in [5.74, 6) is 1.55. The number of hydrogen-bond donors (Lipinski definition) is 1. The van der Waals surface area contributed by atoms with E-state index in [9.17, 15) is 0 Å². The van der Waals surface area contributed by atoms with Crippen LogP contribution in [-0.2, 0) is 6.54 Å². The zero-order valence-corrected chi connectivity index (χ0v) is 12.5. The monoisotopic (exact) mass is 278 g/mol. The second kappa shape index (κ2) is 6.57. The highest BCUT2D eigenvalue weighted by Crippen LogP contribution is 2.37. The van der Waals surface area contributed by atoms with E-state index in [1.807, 2.05) is 0 Å². The van der Waals surface area contributed by atoms with E-state index >= 15 is 0 Å². The molecule has 1 saturated heterocycles. The summed E-state index contributed by atoms with van der Waals surface area (Å²) < 4.78 is 5.86. The number of aromatic nitrogens is 2. The summed E-state index contributed by atoms with van der Waals surface area (Å²) in [4.78, 5) is 2.38. The largest absolute Gasteiger partial charge is 0.407 e. The predicted molar refractivity (Wildman–Crippen MR) is 78.6 cm³/mol. The van der Waals surface area contributed by atoms with E-state index in [4.69, 9.17) is 4.42 Å². The molecule has 2 atom stereocenters. The summed E-state index contributed by atoms with van der Waals surface area (Å²) in [6, 6.07) is 1.38. The molecule has 0 bridgehead atoms. The van der Waals surface area contributed by atoms with Crippen molar-refractivity contribution >= 4 is 6.01 Å². The van der Waals surface area contributed by atoms with Crippen molar-refractivity contribution in [2.75, 3.05) is 18.0 Å². The van der Waals surface area contributed by atoms with Gasteiger partial charge in [-0.1, -0.05) is 24.9 Å². The van der Waals surface area contributed by atoms with Crippen molar-refractivity contribution in [3.63, 3.8) is 0 Å². The van der Waals surface area contributed by atoms with Crippen molar-refractivity contribution in [3.8, 4) is 0 Å². The first kappa shape index (κ1) is 13.9. The van der Waals surface area contributed by atoms with Crippen molar-refractivity contribution < 1.29 is 4.42 Å². The van der Waals surface area contributed by atoms with E-state index < -0.39 is 0 Å². The number of fused-ring (bicyclic) bond motifs is 1. The lowest BCUT2D eigenvalue weighted by Crippen LogP contribution is -2.47. The number of rotatable bonds is 5. The zero-order chi connectivity index (χ0) is 13.8. The quantitative estimate of drug-likeness (QED) is 0.839. The highest BCUT2D eigenvalue weighted by Gasteiger charge is 2.35. The molecule has 2 aliphatic rings. The minimum Gasteiger partial charge on any atom is -0.407 e. The molecule has 0 spiro atoms. The molecule has 2 heterocycles. The van der Waals surface area contributed by atoms with Gasteiger partial charge in [0.05, 0.1) is 6.54 Å². The van der Waals surface area contributed by atoms with E-state index in [2.05, 4.69) is 27.3 Å². The molecule has 0 amide bonds. The van der Waals surface area contributed by atoms with E-state index in [1.54, 1.807) is 0 Å². The van der Waals surface area contributed by atoms with Crippen molar-refractivity contribution in [2.45, 2.75) is 64.5 Å². The second-order valence-corrected chi connectivity index (χ2v) is 6.10. The Morgan fingerprint density at radius 2 is 2.05 bits per heavy atom. The van der Waals surface area contributed by atoms with Gasteiger partial charge < -0.3 is 14.6 Å². The highest BCUT2D eigenvalue weighted by atomic mass is 16.4. The molecule has 5 heteroatoms. The van der Waals surface area contributed by atoms with Crippen molar-refractivity contribution in [3.05, 3.63) is 5.89 Å². The van der Waals surface area contributed by atoms with Crippen LogP contribution in [0.3, 0.4) is 0 Å². The van der Waals surface area contributed by atoms with E-state index in [0.29, 0.717) is 18.5 Å². The minimum absolute atomic E-state index is 0.634. The number of hydrogen-bond acceptors (Lipinski definition) is 5. The Labute approximate surface area is 121 Å². The molecular formula is C15H26N4O. The summed E-state index contributed by atoms with van der Waals surface area (Å²) in [5, 5.41) is 11.8. The molecule has 3 rings (SSSR count). The molecule has 1 aliphatic carbocycles. The number of piperidine rings is 1. The van der Waals surface area contributed by atoms with Gasteiger partial charge in [0.15, 0.2) is 0 Å². The Hall–Kier alpha value is -1.10. The second-order valence-electron chi connectivity index (χ2n) is 6.10. The van der Waals surface area contributed by atoms with Gasteiger partial charge in [-0.25, -0.2) is 0 Å². The molecule has 0 aromatic carbocycles. The van der Waals surface area contributed by atoms with Crippen LogP contribution in [0.25, 0.3) is 0 Å². The molecule has 1 saturated carbocycles. The average molecular weight is 278 g/mol. The maximum atomic E-state index is 5.86. The molecule has 1 aliphatic heterocycles. The van der Waals surface area contributed by atoms with Crippen molar-refractivity contribution in [2.24, 2.45) is 5.92 Å². The molecular weight excluding hydrogens is 252 g/mol. The van der Waals surface area contributed by atoms with Crippen molar-refractivity contribution in [1.82, 2.24) is 15.5 Å². The molecule has 112 valence electrons. The van der Waals surface area contributed by atoms with E-state index in [-0.39, 0.29) is 0 Å². The Balaban J connectivity index is 1.65. The highest BCUT2D eigenvalue weighted by molar-refractivity contribution is 5.28. The standard InChI is InChI=1S/C15H26N4O/c1-2-9-16-11-14-17-18-15(20-14)19-10-5-7-12-6-3-4-8-13(12)19/h12-13,16H,2-11H2,1H3/t12-,13-/m1/s1. The fourth-order valence-corrected chi connectivity index (χ4v) is 3.67. The predicted octanol–water partition coefficient (Wildman–Crippen LogP) is 2.73. The fourth-order valence-electron chi connectivity index (χ4n) is 3.67. The number of anilines is 1. The first-order chi connectivity index (χ1) is 9.88. The molecule has 5 nitrogen and oxygen atoms in total. The Bertz CT molecular complexity index is 418.